The standard InChI is InChI=1S/C19H15ClN2O3S/c20-15-9-12(10-16-18(15)25-7-6-24-16)11-17(23)22-14-3-1-13(2-4-14)19-21-5-8-26-19/h1-5,8-10H,6-7,11H2,(H,22,23). The number of carbonyl (C=O) groups is 1. The summed E-state index contributed by atoms with van der Waals surface area (Å²) in [4.78, 5) is 16.6. The number of carbonyl (C=O) groups excluding carboxylic acids is 1. The van der Waals surface area contributed by atoms with Gasteiger partial charge in [0.15, 0.2) is 11.5 Å². The molecule has 26 heavy (non-hydrogen) atoms. The molecule has 0 aliphatic carbocycles. The van der Waals surface area contributed by atoms with Crippen molar-refractivity contribution in [1.29, 1.82) is 0 Å². The fraction of sp³-hybridized carbons (Fsp3) is 0.158. The molecule has 0 unspecified atom stereocenters. The van der Waals surface area contributed by atoms with Gasteiger partial charge in [0.1, 0.15) is 18.2 Å². The van der Waals surface area contributed by atoms with Crippen LogP contribution in [0.4, 0.5) is 5.69 Å². The molecule has 0 saturated heterocycles. The molecule has 1 aliphatic heterocycles. The quantitative estimate of drug-likeness (QED) is 0.721. The van der Waals surface area contributed by atoms with E-state index in [1.54, 1.807) is 29.7 Å². The number of rotatable bonds is 4. The van der Waals surface area contributed by atoms with Crippen LogP contribution < -0.4 is 14.8 Å². The number of nitrogens with zero attached hydrogens (tertiary/aromatic N) is 1. The first-order valence-corrected chi connectivity index (χ1v) is 9.32. The van der Waals surface area contributed by atoms with E-state index in [0.29, 0.717) is 29.7 Å². The molecule has 0 saturated carbocycles. The van der Waals surface area contributed by atoms with Crippen molar-refractivity contribution >= 4 is 34.5 Å². The topological polar surface area (TPSA) is 60.5 Å². The second kappa shape index (κ2) is 7.35. The van der Waals surface area contributed by atoms with Crippen LogP contribution in [0.15, 0.2) is 48.0 Å². The second-order valence-electron chi connectivity index (χ2n) is 5.74. The van der Waals surface area contributed by atoms with Crippen molar-refractivity contribution in [3.05, 3.63) is 58.6 Å². The molecule has 5 nitrogen and oxygen atoms in total. The maximum atomic E-state index is 12.3. The van der Waals surface area contributed by atoms with Gasteiger partial charge < -0.3 is 14.8 Å². The normalized spacial score (nSPS) is 12.7. The minimum atomic E-state index is -0.125. The lowest BCUT2D eigenvalue weighted by Gasteiger charge is -2.20. The molecule has 1 aliphatic rings. The van der Waals surface area contributed by atoms with E-state index >= 15 is 0 Å². The fourth-order valence-electron chi connectivity index (χ4n) is 2.72. The lowest BCUT2D eigenvalue weighted by Crippen LogP contribution is -2.17. The van der Waals surface area contributed by atoms with E-state index in [1.165, 1.54) is 0 Å². The van der Waals surface area contributed by atoms with E-state index in [-0.39, 0.29) is 12.3 Å². The molecular formula is C19H15ClN2O3S. The number of halogens is 1. The smallest absolute Gasteiger partial charge is 0.228 e. The molecule has 3 aromatic rings. The molecule has 2 aromatic carbocycles. The van der Waals surface area contributed by atoms with Crippen LogP contribution >= 0.6 is 22.9 Å². The Morgan fingerprint density at radius 1 is 1.19 bits per heavy atom. The molecule has 0 radical (unpaired) electrons. The van der Waals surface area contributed by atoms with Crippen LogP contribution in [0.5, 0.6) is 11.5 Å². The zero-order valence-electron chi connectivity index (χ0n) is 13.7. The summed E-state index contributed by atoms with van der Waals surface area (Å²) in [6.45, 7) is 0.952. The number of ether oxygens (including phenoxy) is 2. The first kappa shape index (κ1) is 16.9. The van der Waals surface area contributed by atoms with Gasteiger partial charge >= 0.3 is 0 Å². The molecule has 4 rings (SSSR count). The van der Waals surface area contributed by atoms with E-state index in [9.17, 15) is 4.79 Å². The van der Waals surface area contributed by atoms with Crippen LogP contribution in [-0.4, -0.2) is 24.1 Å². The summed E-state index contributed by atoms with van der Waals surface area (Å²) in [6, 6.07) is 11.1. The van der Waals surface area contributed by atoms with Crippen molar-refractivity contribution in [2.24, 2.45) is 0 Å². The predicted octanol–water partition coefficient (Wildman–Crippen LogP) is 4.42. The third-order valence-electron chi connectivity index (χ3n) is 3.87. The fourth-order valence-corrected chi connectivity index (χ4v) is 3.65. The van der Waals surface area contributed by atoms with Crippen LogP contribution in [0.1, 0.15) is 5.56 Å². The van der Waals surface area contributed by atoms with E-state index < -0.39 is 0 Å². The Balaban J connectivity index is 1.43. The Morgan fingerprint density at radius 2 is 2.00 bits per heavy atom. The number of hydrogen-bond acceptors (Lipinski definition) is 5. The van der Waals surface area contributed by atoms with E-state index in [2.05, 4.69) is 10.3 Å². The molecule has 0 spiro atoms. The van der Waals surface area contributed by atoms with Crippen molar-refractivity contribution in [3.8, 4) is 22.1 Å². The van der Waals surface area contributed by atoms with Gasteiger partial charge in [-0.25, -0.2) is 4.98 Å². The number of thiazole rings is 1. The Hall–Kier alpha value is -2.57. The average molecular weight is 387 g/mol. The number of amides is 1. The minimum absolute atomic E-state index is 0.125. The van der Waals surface area contributed by atoms with Crippen molar-refractivity contribution in [1.82, 2.24) is 4.98 Å². The van der Waals surface area contributed by atoms with Crippen LogP contribution in [-0.2, 0) is 11.2 Å². The summed E-state index contributed by atoms with van der Waals surface area (Å²) in [5.41, 5.74) is 2.53. The van der Waals surface area contributed by atoms with Crippen LogP contribution in [0.2, 0.25) is 5.02 Å². The summed E-state index contributed by atoms with van der Waals surface area (Å²) in [5, 5.41) is 6.23. The third kappa shape index (κ3) is 3.66. The van der Waals surface area contributed by atoms with Gasteiger partial charge in [-0.05, 0) is 42.0 Å². The molecule has 0 fully saturated rings. The lowest BCUT2D eigenvalue weighted by molar-refractivity contribution is -0.115. The Kier molecular flexibility index (Phi) is 4.77. The van der Waals surface area contributed by atoms with Crippen LogP contribution in [0.3, 0.4) is 0 Å². The molecule has 7 heteroatoms. The molecule has 0 bridgehead atoms. The molecular weight excluding hydrogens is 372 g/mol. The number of benzene rings is 2. The SMILES string of the molecule is O=C(Cc1cc(Cl)c2c(c1)OCCO2)Nc1ccc(-c2nccs2)cc1. The zero-order chi connectivity index (χ0) is 17.9. The highest BCUT2D eigenvalue weighted by molar-refractivity contribution is 7.13. The summed E-state index contributed by atoms with van der Waals surface area (Å²) in [6.07, 6.45) is 1.97. The number of nitrogens with one attached hydrogen (secondary N) is 1. The number of hydrogen-bond donors (Lipinski definition) is 1. The van der Waals surface area contributed by atoms with Crippen molar-refractivity contribution in [2.45, 2.75) is 6.42 Å². The van der Waals surface area contributed by atoms with E-state index in [0.717, 1.165) is 21.8 Å². The molecule has 1 amide bonds. The van der Waals surface area contributed by atoms with Gasteiger partial charge in [0.2, 0.25) is 5.91 Å². The molecule has 132 valence electrons. The number of fused-ring (bicyclic) bond motifs is 1. The summed E-state index contributed by atoms with van der Waals surface area (Å²) in [5.74, 6) is 0.999. The van der Waals surface area contributed by atoms with Gasteiger partial charge in [-0.3, -0.25) is 4.79 Å². The molecule has 1 aromatic heterocycles. The maximum Gasteiger partial charge on any atom is 0.228 e. The number of aromatic nitrogens is 1. The van der Waals surface area contributed by atoms with Crippen LogP contribution in [0.25, 0.3) is 10.6 Å². The Labute approximate surface area is 159 Å². The highest BCUT2D eigenvalue weighted by atomic mass is 35.5. The highest BCUT2D eigenvalue weighted by Crippen LogP contribution is 2.38. The van der Waals surface area contributed by atoms with Gasteiger partial charge in [0.25, 0.3) is 0 Å². The highest BCUT2D eigenvalue weighted by Gasteiger charge is 2.17. The second-order valence-corrected chi connectivity index (χ2v) is 7.04. The van der Waals surface area contributed by atoms with Crippen molar-refractivity contribution < 1.29 is 14.3 Å². The monoisotopic (exact) mass is 386 g/mol. The largest absolute Gasteiger partial charge is 0.486 e. The minimum Gasteiger partial charge on any atom is -0.486 e. The van der Waals surface area contributed by atoms with Gasteiger partial charge in [-0.15, -0.1) is 11.3 Å². The maximum absolute atomic E-state index is 12.3. The van der Waals surface area contributed by atoms with Crippen molar-refractivity contribution in [3.63, 3.8) is 0 Å². The van der Waals surface area contributed by atoms with Gasteiger partial charge in [-0.2, -0.15) is 0 Å². The third-order valence-corrected chi connectivity index (χ3v) is 4.97. The first-order chi connectivity index (χ1) is 12.7. The molecule has 1 N–H and O–H groups in total. The number of anilines is 1. The van der Waals surface area contributed by atoms with E-state index in [1.807, 2.05) is 29.6 Å². The summed E-state index contributed by atoms with van der Waals surface area (Å²) < 4.78 is 11.0. The molecule has 0 atom stereocenters. The van der Waals surface area contributed by atoms with Crippen molar-refractivity contribution in [2.75, 3.05) is 18.5 Å². The lowest BCUT2D eigenvalue weighted by atomic mass is 10.1. The summed E-state index contributed by atoms with van der Waals surface area (Å²) >= 11 is 7.79. The Bertz CT molecular complexity index is 927. The van der Waals surface area contributed by atoms with E-state index in [4.69, 9.17) is 21.1 Å². The van der Waals surface area contributed by atoms with Gasteiger partial charge in [-0.1, -0.05) is 11.6 Å². The van der Waals surface area contributed by atoms with Crippen LogP contribution in [0, 0.1) is 0 Å². The Morgan fingerprint density at radius 3 is 2.77 bits per heavy atom. The predicted molar refractivity (Wildman–Crippen MR) is 102 cm³/mol. The summed E-state index contributed by atoms with van der Waals surface area (Å²) in [7, 11) is 0. The average Bonchev–Trinajstić information content (AvgIpc) is 3.17. The molecule has 2 heterocycles. The van der Waals surface area contributed by atoms with Gasteiger partial charge in [0, 0.05) is 22.8 Å². The zero-order valence-corrected chi connectivity index (χ0v) is 15.3. The first-order valence-electron chi connectivity index (χ1n) is 8.07. The van der Waals surface area contributed by atoms with Gasteiger partial charge in [0.05, 0.1) is 11.4 Å².